The number of aliphatic hydroxyl groups is 1. The van der Waals surface area contributed by atoms with Gasteiger partial charge in [0.05, 0.1) is 18.1 Å². The number of benzene rings is 1. The van der Waals surface area contributed by atoms with Crippen LogP contribution in [0.15, 0.2) is 42.5 Å². The van der Waals surface area contributed by atoms with E-state index in [1.807, 2.05) is 51.1 Å². The van der Waals surface area contributed by atoms with Crippen LogP contribution in [0.5, 0.6) is 0 Å². The molecular formula is C28H42N2O7. The molecule has 0 aliphatic rings. The van der Waals surface area contributed by atoms with Gasteiger partial charge in [-0.15, -0.1) is 0 Å². The normalized spacial score (nSPS) is 14.1. The third kappa shape index (κ3) is 13.1. The molecule has 0 aliphatic heterocycles. The Morgan fingerprint density at radius 3 is 2.30 bits per heavy atom. The van der Waals surface area contributed by atoms with Gasteiger partial charge in [-0.25, -0.2) is 4.79 Å². The molecule has 9 heteroatoms. The number of esters is 1. The van der Waals surface area contributed by atoms with Crippen molar-refractivity contribution in [3.05, 3.63) is 48.0 Å². The van der Waals surface area contributed by atoms with Crippen molar-refractivity contribution in [1.82, 2.24) is 10.6 Å². The average Bonchev–Trinajstić information content (AvgIpc) is 2.83. The molecule has 2 amide bonds. The molecule has 4 N–H and O–H groups in total. The van der Waals surface area contributed by atoms with Gasteiger partial charge in [0.15, 0.2) is 6.10 Å². The number of nitrogens with one attached hydrogen (secondary N) is 2. The van der Waals surface area contributed by atoms with Crippen LogP contribution in [0.1, 0.15) is 59.4 Å². The van der Waals surface area contributed by atoms with Crippen LogP contribution in [0, 0.1) is 17.3 Å². The van der Waals surface area contributed by atoms with Gasteiger partial charge >= 0.3 is 11.9 Å². The molecular weight excluding hydrogens is 476 g/mol. The molecule has 3 atom stereocenters. The first-order valence-electron chi connectivity index (χ1n) is 12.7. The van der Waals surface area contributed by atoms with Crippen molar-refractivity contribution >= 4 is 23.8 Å². The van der Waals surface area contributed by atoms with Gasteiger partial charge in [-0.05, 0) is 63.0 Å². The van der Waals surface area contributed by atoms with Gasteiger partial charge in [-0.2, -0.15) is 0 Å². The minimum Gasteiger partial charge on any atom is -0.479 e. The number of carbonyl (C=O) groups excluding carboxylic acids is 3. The monoisotopic (exact) mass is 518 g/mol. The second-order valence-corrected chi connectivity index (χ2v) is 10.5. The van der Waals surface area contributed by atoms with Gasteiger partial charge in [-0.1, -0.05) is 57.2 Å². The van der Waals surface area contributed by atoms with Crippen molar-refractivity contribution in [3.8, 4) is 0 Å². The quantitative estimate of drug-likeness (QED) is 0.195. The number of carboxylic acids is 1. The van der Waals surface area contributed by atoms with Gasteiger partial charge in [0.25, 0.3) is 0 Å². The molecule has 0 heterocycles. The van der Waals surface area contributed by atoms with E-state index in [0.717, 1.165) is 5.56 Å². The predicted octanol–water partition coefficient (Wildman–Crippen LogP) is 2.86. The number of rotatable bonds is 16. The highest BCUT2D eigenvalue weighted by Crippen LogP contribution is 2.20. The molecule has 1 aromatic carbocycles. The van der Waals surface area contributed by atoms with Crippen molar-refractivity contribution in [2.45, 2.75) is 72.5 Å². The highest BCUT2D eigenvalue weighted by Gasteiger charge is 2.34. The first-order chi connectivity index (χ1) is 17.3. The lowest BCUT2D eigenvalue weighted by atomic mass is 9.93. The van der Waals surface area contributed by atoms with Crippen LogP contribution in [0.25, 0.3) is 0 Å². The second-order valence-electron chi connectivity index (χ2n) is 10.5. The maximum absolute atomic E-state index is 12.4. The Labute approximate surface area is 219 Å². The Kier molecular flexibility index (Phi) is 13.6. The van der Waals surface area contributed by atoms with Crippen molar-refractivity contribution in [2.75, 3.05) is 13.1 Å². The molecule has 0 saturated heterocycles. The second kappa shape index (κ2) is 15.8. The summed E-state index contributed by atoms with van der Waals surface area (Å²) in [5.41, 5.74) is -0.0719. The molecule has 0 bridgehead atoms. The van der Waals surface area contributed by atoms with E-state index in [-0.39, 0.29) is 31.3 Å². The minimum absolute atomic E-state index is 0.0315. The Morgan fingerprint density at radius 2 is 1.70 bits per heavy atom. The highest BCUT2D eigenvalue weighted by atomic mass is 16.6. The predicted molar refractivity (Wildman–Crippen MR) is 140 cm³/mol. The van der Waals surface area contributed by atoms with E-state index in [9.17, 15) is 29.4 Å². The Morgan fingerprint density at radius 1 is 1.05 bits per heavy atom. The van der Waals surface area contributed by atoms with Crippen LogP contribution in [0.4, 0.5) is 0 Å². The third-order valence-electron chi connectivity index (χ3n) is 5.92. The summed E-state index contributed by atoms with van der Waals surface area (Å²) in [6.45, 7) is 8.37. The van der Waals surface area contributed by atoms with E-state index in [0.29, 0.717) is 19.3 Å². The maximum Gasteiger partial charge on any atom is 0.345 e. The number of hydrogen-bond acceptors (Lipinski definition) is 6. The topological polar surface area (TPSA) is 142 Å². The number of hydrogen-bond donors (Lipinski definition) is 4. The molecule has 0 fully saturated rings. The number of carboxylic acid groups (broad SMARTS) is 1. The van der Waals surface area contributed by atoms with Crippen LogP contribution in [-0.2, 0) is 30.3 Å². The van der Waals surface area contributed by atoms with E-state index in [4.69, 9.17) is 4.74 Å². The van der Waals surface area contributed by atoms with Crippen LogP contribution in [-0.4, -0.2) is 59.3 Å². The summed E-state index contributed by atoms with van der Waals surface area (Å²) in [5, 5.41) is 24.7. The number of amides is 2. The lowest BCUT2D eigenvalue weighted by molar-refractivity contribution is -0.171. The van der Waals surface area contributed by atoms with Gasteiger partial charge in [-0.3, -0.25) is 14.4 Å². The molecule has 1 rings (SSSR count). The smallest absolute Gasteiger partial charge is 0.345 e. The molecule has 0 aliphatic carbocycles. The average molecular weight is 519 g/mol. The fraction of sp³-hybridized carbons (Fsp3) is 0.571. The van der Waals surface area contributed by atoms with Gasteiger partial charge in [0.2, 0.25) is 11.8 Å². The van der Waals surface area contributed by atoms with E-state index in [2.05, 4.69) is 10.6 Å². The SMILES string of the molecule is CC(C)CC(OC(=O)C(C)(C)CNC(=O)CNC(=O)/C=C/CCC(C)[C@@H](O)Cc1ccccc1)C(=O)O. The summed E-state index contributed by atoms with van der Waals surface area (Å²) in [5.74, 6) is -2.76. The summed E-state index contributed by atoms with van der Waals surface area (Å²) >= 11 is 0. The Hall–Kier alpha value is -3.20. The summed E-state index contributed by atoms with van der Waals surface area (Å²) < 4.78 is 5.15. The van der Waals surface area contributed by atoms with Gasteiger partial charge in [0.1, 0.15) is 0 Å². The highest BCUT2D eigenvalue weighted by molar-refractivity contribution is 5.91. The third-order valence-corrected chi connectivity index (χ3v) is 5.92. The van der Waals surface area contributed by atoms with Gasteiger partial charge in [0, 0.05) is 6.54 Å². The fourth-order valence-corrected chi connectivity index (χ4v) is 3.40. The molecule has 0 aromatic heterocycles. The molecule has 37 heavy (non-hydrogen) atoms. The van der Waals surface area contributed by atoms with Gasteiger partial charge < -0.3 is 25.6 Å². The van der Waals surface area contributed by atoms with Crippen LogP contribution < -0.4 is 10.6 Å². The lowest BCUT2D eigenvalue weighted by Crippen LogP contribution is -2.45. The Bertz CT molecular complexity index is 912. The number of aliphatic carboxylic acids is 1. The summed E-state index contributed by atoms with van der Waals surface area (Å²) in [6.07, 6.45) is 3.42. The van der Waals surface area contributed by atoms with E-state index in [1.165, 1.54) is 6.08 Å². The molecule has 1 aromatic rings. The van der Waals surface area contributed by atoms with E-state index in [1.54, 1.807) is 19.9 Å². The molecule has 0 spiro atoms. The van der Waals surface area contributed by atoms with Crippen molar-refractivity contribution in [1.29, 1.82) is 0 Å². The van der Waals surface area contributed by atoms with Crippen LogP contribution in [0.3, 0.4) is 0 Å². The molecule has 0 saturated carbocycles. The fourth-order valence-electron chi connectivity index (χ4n) is 3.40. The standard InChI is InChI=1S/C28H42N2O7/c1-19(2)15-23(26(34)35)37-27(36)28(4,5)18-30-25(33)17-29-24(32)14-10-9-11-20(3)22(31)16-21-12-7-6-8-13-21/h6-8,10,12-14,19-20,22-23,31H,9,11,15-18H2,1-5H3,(H,29,32)(H,30,33)(H,34,35)/b14-10+/t20?,22-,23?/m0/s1. The van der Waals surface area contributed by atoms with E-state index >= 15 is 0 Å². The van der Waals surface area contributed by atoms with Crippen molar-refractivity contribution in [2.24, 2.45) is 17.3 Å². The first kappa shape index (κ1) is 31.8. The zero-order valence-electron chi connectivity index (χ0n) is 22.5. The minimum atomic E-state index is -1.25. The summed E-state index contributed by atoms with van der Waals surface area (Å²) in [4.78, 5) is 47.9. The molecule has 206 valence electrons. The number of aliphatic hydroxyl groups excluding tert-OH is 1. The largest absolute Gasteiger partial charge is 0.479 e. The summed E-state index contributed by atoms with van der Waals surface area (Å²) in [7, 11) is 0. The lowest BCUT2D eigenvalue weighted by Gasteiger charge is -2.25. The number of allylic oxidation sites excluding steroid dienone is 1. The summed E-state index contributed by atoms with van der Waals surface area (Å²) in [6, 6.07) is 9.77. The van der Waals surface area contributed by atoms with E-state index < -0.39 is 41.4 Å². The Balaban J connectivity index is 2.34. The van der Waals surface area contributed by atoms with Crippen LogP contribution >= 0.6 is 0 Å². The van der Waals surface area contributed by atoms with Crippen LogP contribution in [0.2, 0.25) is 0 Å². The first-order valence-corrected chi connectivity index (χ1v) is 12.7. The number of carbonyl (C=O) groups is 4. The molecule has 0 radical (unpaired) electrons. The van der Waals surface area contributed by atoms with Crippen molar-refractivity contribution < 1.29 is 34.1 Å². The maximum atomic E-state index is 12.4. The molecule has 2 unspecified atom stereocenters. The van der Waals surface area contributed by atoms with Crippen molar-refractivity contribution in [3.63, 3.8) is 0 Å². The number of ether oxygens (including phenoxy) is 1. The molecule has 9 nitrogen and oxygen atoms in total. The zero-order valence-corrected chi connectivity index (χ0v) is 22.5. The zero-order chi connectivity index (χ0) is 28.0.